The number of carboxylic acid groups (broad SMARTS) is 2. The molecule has 0 bridgehead atoms. The third-order valence-electron chi connectivity index (χ3n) is 12.9. The fraction of sp³-hybridized carbons (Fsp3) is 0.418. The number of carbonyl (C=O) groups excluding carboxylic acids is 8. The van der Waals surface area contributed by atoms with Crippen molar-refractivity contribution < 1.29 is 73.5 Å². The summed E-state index contributed by atoms with van der Waals surface area (Å²) in [5.74, 6) is -11.7. The number of rotatable bonds is 35. The molecule has 1 heterocycles. The van der Waals surface area contributed by atoms with Crippen molar-refractivity contribution in [3.63, 3.8) is 0 Å². The van der Waals surface area contributed by atoms with Crippen LogP contribution in [0.3, 0.4) is 0 Å². The number of aliphatic hydroxyl groups is 2. The highest BCUT2D eigenvalue weighted by Crippen LogP contribution is 2.14. The van der Waals surface area contributed by atoms with Crippen molar-refractivity contribution in [2.24, 2.45) is 28.1 Å². The van der Waals surface area contributed by atoms with Gasteiger partial charge in [-0.25, -0.2) is 9.78 Å². The van der Waals surface area contributed by atoms with Gasteiger partial charge < -0.3 is 90.3 Å². The maximum atomic E-state index is 14.6. The highest BCUT2D eigenvalue weighted by Gasteiger charge is 2.36. The number of nitrogens with zero attached hydrogens (tertiary/aromatic N) is 2. The highest BCUT2D eigenvalue weighted by atomic mass is 16.4. The van der Waals surface area contributed by atoms with E-state index in [4.69, 9.17) is 17.2 Å². The monoisotopic (exact) mass is 1170 g/mol. The Bertz CT molecular complexity index is 2860. The number of aliphatic carboxylic acids is 2. The average molecular weight is 1170 g/mol. The van der Waals surface area contributed by atoms with Crippen LogP contribution in [0.4, 0.5) is 0 Å². The molecule has 0 aliphatic rings. The third-order valence-corrected chi connectivity index (χ3v) is 12.9. The van der Waals surface area contributed by atoms with Crippen LogP contribution < -0.4 is 59.7 Å². The highest BCUT2D eigenvalue weighted by molar-refractivity contribution is 5.98. The fourth-order valence-electron chi connectivity index (χ4n) is 8.30. The van der Waals surface area contributed by atoms with Gasteiger partial charge in [-0.2, -0.15) is 0 Å². The first-order valence-electron chi connectivity index (χ1n) is 26.7. The number of aliphatic imine (C=N–C) groups is 1. The molecular formula is C55H74N14O15. The quantitative estimate of drug-likeness (QED) is 0.0119. The first-order valence-corrected chi connectivity index (χ1v) is 26.7. The summed E-state index contributed by atoms with van der Waals surface area (Å²) in [7, 11) is 0. The lowest BCUT2D eigenvalue weighted by atomic mass is 10.0. The number of amides is 8. The molecule has 0 radical (unpaired) electrons. The first-order chi connectivity index (χ1) is 40.0. The number of aliphatic hydroxyl groups excluding tert-OH is 2. The second-order valence-corrected chi connectivity index (χ2v) is 19.9. The van der Waals surface area contributed by atoms with Crippen LogP contribution in [-0.2, 0) is 73.6 Å². The molecule has 4 aromatic rings. The largest absolute Gasteiger partial charge is 0.508 e. The molecule has 1 aromatic heterocycles. The number of aromatic hydroxyl groups is 1. The summed E-state index contributed by atoms with van der Waals surface area (Å²) < 4.78 is 0. The van der Waals surface area contributed by atoms with Crippen molar-refractivity contribution in [1.29, 1.82) is 0 Å². The summed E-state index contributed by atoms with van der Waals surface area (Å²) in [5.41, 5.74) is 19.2. The number of hydrogen-bond acceptors (Lipinski definition) is 16. The van der Waals surface area contributed by atoms with Crippen molar-refractivity contribution in [3.05, 3.63) is 120 Å². The van der Waals surface area contributed by atoms with E-state index in [1.54, 1.807) is 60.7 Å². The van der Waals surface area contributed by atoms with Crippen LogP contribution in [0.1, 0.15) is 61.9 Å². The molecule has 0 aliphatic carbocycles. The summed E-state index contributed by atoms with van der Waals surface area (Å²) in [4.78, 5) is 146. The van der Waals surface area contributed by atoms with Crippen LogP contribution in [0.5, 0.6) is 5.75 Å². The fourth-order valence-corrected chi connectivity index (χ4v) is 8.30. The minimum atomic E-state index is -1.85. The summed E-state index contributed by atoms with van der Waals surface area (Å²) in [6.45, 7) is 0.846. The van der Waals surface area contributed by atoms with E-state index < -0.39 is 146 Å². The molecule has 0 aliphatic heterocycles. The van der Waals surface area contributed by atoms with Crippen LogP contribution in [0, 0.1) is 5.92 Å². The van der Waals surface area contributed by atoms with E-state index in [2.05, 4.69) is 57.5 Å². The number of hydrogen-bond donors (Lipinski definition) is 17. The summed E-state index contributed by atoms with van der Waals surface area (Å²) in [5, 5.41) is 69.5. The van der Waals surface area contributed by atoms with Gasteiger partial charge in [0.05, 0.1) is 25.6 Å². The molecule has 0 unspecified atom stereocenters. The summed E-state index contributed by atoms with van der Waals surface area (Å²) in [6.07, 6.45) is 0.940. The van der Waals surface area contributed by atoms with Gasteiger partial charge in [0.25, 0.3) is 0 Å². The number of H-pyrrole nitrogens is 1. The number of aromatic amines is 1. The predicted octanol–water partition coefficient (Wildman–Crippen LogP) is -3.76. The van der Waals surface area contributed by atoms with Gasteiger partial charge >= 0.3 is 11.9 Å². The SMILES string of the molecule is CC(C)[C@H](NC(=O)[C@H](CCC(=O)O)NC(=O)[C@H](Cc1ccccc1)NC(=O)[C@H](Cc1ccccc1)NC(=O)[C@H](CCCN=C(N)N)NC(=O)[C@H](CO)NC(=O)[C@H](CO)NC(=O)[C@H](Cc1ccc(O)cc1)NC(=O)[C@@H](N)Cc1cnc[nH]1)C(=O)O. The molecule has 3 aromatic carbocycles. The lowest BCUT2D eigenvalue weighted by molar-refractivity contribution is -0.144. The maximum absolute atomic E-state index is 14.6. The Hall–Kier alpha value is -9.48. The number of carboxylic acids is 2. The molecule has 0 spiro atoms. The van der Waals surface area contributed by atoms with Gasteiger partial charge in [-0.3, -0.25) is 48.1 Å². The zero-order valence-electron chi connectivity index (χ0n) is 46.2. The summed E-state index contributed by atoms with van der Waals surface area (Å²) >= 11 is 0. The number of nitrogens with two attached hydrogens (primary N) is 3. The van der Waals surface area contributed by atoms with Gasteiger partial charge in [0.1, 0.15) is 54.1 Å². The van der Waals surface area contributed by atoms with Gasteiger partial charge in [-0.15, -0.1) is 0 Å². The molecule has 4 rings (SSSR count). The lowest BCUT2D eigenvalue weighted by Crippen LogP contribution is -2.61. The molecule has 0 saturated heterocycles. The normalized spacial score (nSPS) is 14.2. The molecule has 29 nitrogen and oxygen atoms in total. The van der Waals surface area contributed by atoms with Crippen molar-refractivity contribution in [2.45, 2.75) is 120 Å². The molecule has 0 fully saturated rings. The molecule has 29 heteroatoms. The van der Waals surface area contributed by atoms with E-state index in [0.29, 0.717) is 22.4 Å². The van der Waals surface area contributed by atoms with Crippen LogP contribution in [-0.4, -0.2) is 175 Å². The standard InChI is InChI=1S/C55H74N14O15/c1-30(2)45(54(83)84)69-48(77)38(19-20-44(73)74)63-49(78)40(22-31-10-5-3-6-11-31)66-50(79)41(23-32-12-7-4-8-13-32)65-47(76)37(14-9-21-60-55(57)58)62-52(81)42(27-70)68-53(82)43(28-71)67-51(80)39(24-33-15-17-35(72)18-16-33)64-46(75)36(56)25-34-26-59-29-61-34/h3-8,10-13,15-18,26,29-30,36-43,45,70-72H,9,14,19-25,27-28,56H2,1-2H3,(H,59,61)(H,62,81)(H,63,78)(H,64,75)(H,65,76)(H,66,79)(H,67,80)(H,68,82)(H,69,77)(H,73,74)(H,83,84)(H4,57,58,60)/t36-,37-,38-,39-,40-,41-,42-,43-,45-/m0/s1. The van der Waals surface area contributed by atoms with Crippen molar-refractivity contribution in [1.82, 2.24) is 52.5 Å². The second-order valence-electron chi connectivity index (χ2n) is 19.9. The predicted molar refractivity (Wildman–Crippen MR) is 301 cm³/mol. The smallest absolute Gasteiger partial charge is 0.326 e. The van der Waals surface area contributed by atoms with Crippen LogP contribution in [0.2, 0.25) is 0 Å². The number of imidazole rings is 1. The Labute approximate surface area is 482 Å². The van der Waals surface area contributed by atoms with E-state index in [9.17, 15) is 73.5 Å². The third kappa shape index (κ3) is 22.8. The zero-order valence-corrected chi connectivity index (χ0v) is 46.2. The molecule has 0 saturated carbocycles. The van der Waals surface area contributed by atoms with E-state index in [-0.39, 0.29) is 56.8 Å². The Kier molecular flexibility index (Phi) is 27.2. The Morgan fingerprint density at radius 2 is 0.940 bits per heavy atom. The Balaban J connectivity index is 1.59. The number of phenols is 1. The van der Waals surface area contributed by atoms with Gasteiger partial charge in [-0.05, 0) is 54.0 Å². The number of phenolic OH excluding ortho intramolecular Hbond substituents is 1. The maximum Gasteiger partial charge on any atom is 0.326 e. The minimum absolute atomic E-state index is 0.00726. The lowest BCUT2D eigenvalue weighted by Gasteiger charge is -2.28. The van der Waals surface area contributed by atoms with Crippen LogP contribution >= 0.6 is 0 Å². The van der Waals surface area contributed by atoms with Gasteiger partial charge in [0.15, 0.2) is 5.96 Å². The average Bonchev–Trinajstić information content (AvgIpc) is 4.14. The van der Waals surface area contributed by atoms with E-state index >= 15 is 0 Å². The first kappa shape index (κ1) is 67.0. The number of benzene rings is 3. The van der Waals surface area contributed by atoms with E-state index in [0.717, 1.165) is 0 Å². The van der Waals surface area contributed by atoms with E-state index in [1.165, 1.54) is 50.6 Å². The summed E-state index contributed by atoms with van der Waals surface area (Å²) in [6, 6.07) is 8.38. The minimum Gasteiger partial charge on any atom is -0.508 e. The number of guanidine groups is 1. The van der Waals surface area contributed by atoms with Gasteiger partial charge in [0.2, 0.25) is 47.3 Å². The number of nitrogens with one attached hydrogen (secondary N) is 9. The van der Waals surface area contributed by atoms with Crippen molar-refractivity contribution in [2.75, 3.05) is 19.8 Å². The molecular weight excluding hydrogens is 1100 g/mol. The Morgan fingerprint density at radius 1 is 0.536 bits per heavy atom. The molecule has 8 amide bonds. The van der Waals surface area contributed by atoms with Gasteiger partial charge in [-0.1, -0.05) is 86.6 Å². The topological polar surface area (TPSA) is 487 Å². The molecule has 454 valence electrons. The molecule has 84 heavy (non-hydrogen) atoms. The zero-order chi connectivity index (χ0) is 61.9. The Morgan fingerprint density at radius 3 is 1.36 bits per heavy atom. The molecule has 9 atom stereocenters. The molecule has 20 N–H and O–H groups in total. The van der Waals surface area contributed by atoms with Crippen molar-refractivity contribution >= 4 is 65.2 Å². The van der Waals surface area contributed by atoms with E-state index in [1.807, 2.05) is 0 Å². The van der Waals surface area contributed by atoms with Gasteiger partial charge in [0, 0.05) is 50.5 Å². The second kappa shape index (κ2) is 34.1. The number of carbonyl (C=O) groups is 10. The number of aromatic nitrogens is 2. The van der Waals surface area contributed by atoms with Crippen LogP contribution in [0.25, 0.3) is 0 Å². The van der Waals surface area contributed by atoms with Crippen molar-refractivity contribution in [3.8, 4) is 5.75 Å². The van der Waals surface area contributed by atoms with Crippen LogP contribution in [0.15, 0.2) is 102 Å².